The minimum atomic E-state index is -0.727. The first-order valence-electron chi connectivity index (χ1n) is 11.2. The molecule has 1 aromatic heterocycles. The fourth-order valence-electron chi connectivity index (χ4n) is 4.83. The topological polar surface area (TPSA) is 108 Å². The molecule has 1 unspecified atom stereocenters. The molecule has 4 heterocycles. The van der Waals surface area contributed by atoms with E-state index >= 15 is 0 Å². The summed E-state index contributed by atoms with van der Waals surface area (Å²) in [7, 11) is 1.53. The van der Waals surface area contributed by atoms with E-state index in [2.05, 4.69) is 25.1 Å². The summed E-state index contributed by atoms with van der Waals surface area (Å²) in [5, 5.41) is 2.30. The Labute approximate surface area is 195 Å². The third-order valence-electron chi connectivity index (χ3n) is 6.57. The molecular formula is C23H25FN6O4. The summed E-state index contributed by atoms with van der Waals surface area (Å²) >= 11 is 0. The van der Waals surface area contributed by atoms with E-state index in [4.69, 9.17) is 4.74 Å². The number of aromatic nitrogens is 2. The Bertz CT molecular complexity index is 1150. The van der Waals surface area contributed by atoms with Crippen molar-refractivity contribution in [1.29, 1.82) is 0 Å². The number of piperidine rings is 1. The van der Waals surface area contributed by atoms with Crippen molar-refractivity contribution in [2.45, 2.75) is 32.0 Å². The molecule has 0 bridgehead atoms. The lowest BCUT2D eigenvalue weighted by atomic mass is 10.0. The Morgan fingerprint density at radius 1 is 1.18 bits per heavy atom. The molecule has 3 aliphatic heterocycles. The molecule has 0 saturated carbocycles. The summed E-state index contributed by atoms with van der Waals surface area (Å²) in [6, 6.07) is 4.16. The zero-order valence-corrected chi connectivity index (χ0v) is 18.8. The van der Waals surface area contributed by atoms with Crippen molar-refractivity contribution in [3.63, 3.8) is 0 Å². The average molecular weight is 468 g/mol. The Morgan fingerprint density at radius 3 is 2.71 bits per heavy atom. The summed E-state index contributed by atoms with van der Waals surface area (Å²) < 4.78 is 19.6. The van der Waals surface area contributed by atoms with Gasteiger partial charge >= 0.3 is 6.01 Å². The predicted molar refractivity (Wildman–Crippen MR) is 119 cm³/mol. The summed E-state index contributed by atoms with van der Waals surface area (Å²) in [6.45, 7) is 3.66. The van der Waals surface area contributed by atoms with E-state index in [9.17, 15) is 18.8 Å². The molecule has 2 aromatic rings. The van der Waals surface area contributed by atoms with Crippen LogP contribution in [0.15, 0.2) is 24.4 Å². The van der Waals surface area contributed by atoms with Crippen molar-refractivity contribution in [1.82, 2.24) is 25.1 Å². The average Bonchev–Trinajstić information content (AvgIpc) is 3.15. The number of rotatable bonds is 5. The van der Waals surface area contributed by atoms with E-state index in [0.29, 0.717) is 31.3 Å². The highest BCUT2D eigenvalue weighted by Crippen LogP contribution is 2.35. The zero-order valence-electron chi connectivity index (χ0n) is 18.8. The largest absolute Gasteiger partial charge is 0.467 e. The lowest BCUT2D eigenvalue weighted by Gasteiger charge is -2.37. The monoisotopic (exact) mass is 468 g/mol. The van der Waals surface area contributed by atoms with E-state index in [1.54, 1.807) is 6.20 Å². The number of hydrogen-bond donors (Lipinski definition) is 1. The highest BCUT2D eigenvalue weighted by atomic mass is 19.1. The molecule has 178 valence electrons. The van der Waals surface area contributed by atoms with Gasteiger partial charge in [-0.15, -0.1) is 0 Å². The molecule has 2 fully saturated rings. The number of methoxy groups -OCH3 is 1. The first-order valence-corrected chi connectivity index (χ1v) is 11.2. The molecule has 0 radical (unpaired) electrons. The van der Waals surface area contributed by atoms with Gasteiger partial charge in [0.2, 0.25) is 11.8 Å². The maximum absolute atomic E-state index is 14.5. The summed E-state index contributed by atoms with van der Waals surface area (Å²) in [6.07, 6.45) is 2.12. The molecule has 3 aliphatic rings. The van der Waals surface area contributed by atoms with E-state index in [0.717, 1.165) is 24.3 Å². The number of nitrogens with zero attached hydrogens (tertiary/aromatic N) is 5. The van der Waals surface area contributed by atoms with Gasteiger partial charge in [-0.1, -0.05) is 0 Å². The van der Waals surface area contributed by atoms with Crippen LogP contribution in [0, 0.1) is 5.82 Å². The lowest BCUT2D eigenvalue weighted by Crippen LogP contribution is -2.52. The lowest BCUT2D eigenvalue weighted by molar-refractivity contribution is -0.136. The van der Waals surface area contributed by atoms with Crippen LogP contribution < -0.4 is 15.0 Å². The van der Waals surface area contributed by atoms with E-state index in [1.165, 1.54) is 24.1 Å². The molecule has 5 rings (SSSR count). The fourth-order valence-corrected chi connectivity index (χ4v) is 4.83. The molecular weight excluding hydrogens is 443 g/mol. The van der Waals surface area contributed by atoms with Crippen molar-refractivity contribution < 1.29 is 23.5 Å². The molecule has 11 heteroatoms. The highest BCUT2D eigenvalue weighted by molar-refractivity contribution is 6.06. The molecule has 1 atom stereocenters. The SMILES string of the molecule is COc1nccc(CN2CCN(c3cc(F)cc4c3CN(C3CCC(=O)NC3=O)C4=O)CC2)n1. The number of benzene rings is 1. The smallest absolute Gasteiger partial charge is 0.316 e. The van der Waals surface area contributed by atoms with Crippen LogP contribution in [0.3, 0.4) is 0 Å². The Balaban J connectivity index is 1.30. The van der Waals surface area contributed by atoms with Gasteiger partial charge < -0.3 is 14.5 Å². The second kappa shape index (κ2) is 8.98. The maximum atomic E-state index is 14.5. The van der Waals surface area contributed by atoms with Crippen LogP contribution in [0.4, 0.5) is 10.1 Å². The number of amides is 3. The quantitative estimate of drug-likeness (QED) is 0.640. The van der Waals surface area contributed by atoms with Crippen molar-refractivity contribution in [3.8, 4) is 6.01 Å². The first-order chi connectivity index (χ1) is 16.4. The summed E-state index contributed by atoms with van der Waals surface area (Å²) in [5.41, 5.74) is 2.55. The van der Waals surface area contributed by atoms with Crippen molar-refractivity contribution >= 4 is 23.4 Å². The van der Waals surface area contributed by atoms with Gasteiger partial charge in [0.25, 0.3) is 5.91 Å². The third-order valence-corrected chi connectivity index (χ3v) is 6.57. The second-order valence-electron chi connectivity index (χ2n) is 8.65. The Hall–Kier alpha value is -3.60. The van der Waals surface area contributed by atoms with Crippen molar-refractivity contribution in [2.24, 2.45) is 0 Å². The van der Waals surface area contributed by atoms with Gasteiger partial charge in [-0.2, -0.15) is 4.98 Å². The Kier molecular flexibility index (Phi) is 5.86. The van der Waals surface area contributed by atoms with Crippen LogP contribution in [-0.4, -0.2) is 76.8 Å². The minimum Gasteiger partial charge on any atom is -0.467 e. The van der Waals surface area contributed by atoms with Crippen LogP contribution in [0.5, 0.6) is 6.01 Å². The molecule has 34 heavy (non-hydrogen) atoms. The second-order valence-corrected chi connectivity index (χ2v) is 8.65. The fraction of sp³-hybridized carbons (Fsp3) is 0.435. The first kappa shape index (κ1) is 22.2. The van der Waals surface area contributed by atoms with Gasteiger partial charge in [-0.3, -0.25) is 24.6 Å². The van der Waals surface area contributed by atoms with E-state index in [1.807, 2.05) is 6.07 Å². The van der Waals surface area contributed by atoms with Crippen molar-refractivity contribution in [3.05, 3.63) is 47.0 Å². The number of piperazine rings is 1. The predicted octanol–water partition coefficient (Wildman–Crippen LogP) is 0.708. The van der Waals surface area contributed by atoms with Gasteiger partial charge in [0, 0.05) is 68.7 Å². The number of hydrogen-bond acceptors (Lipinski definition) is 8. The van der Waals surface area contributed by atoms with Crippen LogP contribution in [0.25, 0.3) is 0 Å². The molecule has 3 amide bonds. The van der Waals surface area contributed by atoms with Crippen LogP contribution in [-0.2, 0) is 22.7 Å². The molecule has 0 spiro atoms. The van der Waals surface area contributed by atoms with Crippen LogP contribution in [0.1, 0.15) is 34.5 Å². The number of carbonyl (C=O) groups is 3. The summed E-state index contributed by atoms with van der Waals surface area (Å²) in [4.78, 5) is 51.1. The number of imide groups is 1. The number of anilines is 1. The highest BCUT2D eigenvalue weighted by Gasteiger charge is 2.41. The van der Waals surface area contributed by atoms with Gasteiger partial charge in [-0.05, 0) is 24.6 Å². The minimum absolute atomic E-state index is 0.178. The van der Waals surface area contributed by atoms with Gasteiger partial charge in [-0.25, -0.2) is 9.37 Å². The zero-order chi connectivity index (χ0) is 23.8. The van der Waals surface area contributed by atoms with E-state index < -0.39 is 17.8 Å². The molecule has 1 aromatic carbocycles. The van der Waals surface area contributed by atoms with E-state index in [-0.39, 0.29) is 36.8 Å². The molecule has 10 nitrogen and oxygen atoms in total. The van der Waals surface area contributed by atoms with Crippen LogP contribution in [0.2, 0.25) is 0 Å². The number of carbonyl (C=O) groups excluding carboxylic acids is 3. The summed E-state index contributed by atoms with van der Waals surface area (Å²) in [5.74, 6) is -1.67. The molecule has 0 aliphatic carbocycles. The standard InChI is InChI=1S/C23H25FN6O4/c1-34-23-25-5-4-15(26-23)12-28-6-8-29(9-7-28)19-11-14(24)10-16-17(19)13-30(22(16)33)18-2-3-20(31)27-21(18)32/h4-5,10-11,18H,2-3,6-9,12-13H2,1H3,(H,27,31,32). The maximum Gasteiger partial charge on any atom is 0.316 e. The third kappa shape index (κ3) is 4.18. The van der Waals surface area contributed by atoms with Gasteiger partial charge in [0.05, 0.1) is 12.8 Å². The van der Waals surface area contributed by atoms with Gasteiger partial charge in [0.15, 0.2) is 0 Å². The number of ether oxygens (including phenoxy) is 1. The van der Waals surface area contributed by atoms with Crippen molar-refractivity contribution in [2.75, 3.05) is 38.2 Å². The number of fused-ring (bicyclic) bond motifs is 1. The van der Waals surface area contributed by atoms with Gasteiger partial charge in [0.1, 0.15) is 11.9 Å². The molecule has 1 N–H and O–H groups in total. The van der Waals surface area contributed by atoms with Crippen LogP contribution >= 0.6 is 0 Å². The molecule has 2 saturated heterocycles. The number of nitrogens with one attached hydrogen (secondary N) is 1. The normalized spacial score (nSPS) is 21.0. The number of halogens is 1. The Morgan fingerprint density at radius 2 is 1.97 bits per heavy atom.